The van der Waals surface area contributed by atoms with Gasteiger partial charge in [-0.25, -0.2) is 0 Å². The van der Waals surface area contributed by atoms with Crippen molar-refractivity contribution in [1.82, 2.24) is 4.90 Å². The van der Waals surface area contributed by atoms with E-state index in [-0.39, 0.29) is 0 Å². The maximum atomic E-state index is 6.04. The van der Waals surface area contributed by atoms with Crippen molar-refractivity contribution in [2.24, 2.45) is 5.73 Å². The average molecular weight is 212 g/mol. The lowest BCUT2D eigenvalue weighted by atomic mass is 9.89. The fourth-order valence-electron chi connectivity index (χ4n) is 2.96. The Kier molecular flexibility index (Phi) is 4.00. The summed E-state index contributed by atoms with van der Waals surface area (Å²) in [7, 11) is 2.28. The largest absolute Gasteiger partial charge is 0.381 e. The van der Waals surface area contributed by atoms with E-state index in [1.165, 1.54) is 38.5 Å². The third kappa shape index (κ3) is 2.92. The zero-order valence-electron chi connectivity index (χ0n) is 9.82. The predicted octanol–water partition coefficient (Wildman–Crippen LogP) is 1.37. The van der Waals surface area contributed by atoms with Gasteiger partial charge < -0.3 is 15.4 Å². The molecule has 2 aliphatic rings. The van der Waals surface area contributed by atoms with E-state index in [1.807, 2.05) is 0 Å². The van der Waals surface area contributed by atoms with Gasteiger partial charge in [-0.2, -0.15) is 0 Å². The number of nitrogens with two attached hydrogens (primary N) is 1. The zero-order chi connectivity index (χ0) is 10.7. The highest BCUT2D eigenvalue weighted by Gasteiger charge is 2.28. The molecule has 88 valence electrons. The van der Waals surface area contributed by atoms with Gasteiger partial charge >= 0.3 is 0 Å². The maximum absolute atomic E-state index is 6.04. The van der Waals surface area contributed by atoms with Crippen LogP contribution in [0.1, 0.15) is 38.5 Å². The van der Waals surface area contributed by atoms with E-state index in [0.29, 0.717) is 6.04 Å². The molecular weight excluding hydrogens is 188 g/mol. The molecule has 1 saturated carbocycles. The maximum Gasteiger partial charge on any atom is 0.0480 e. The van der Waals surface area contributed by atoms with Crippen LogP contribution in [-0.2, 0) is 4.74 Å². The molecular formula is C12H24N2O. The Morgan fingerprint density at radius 3 is 2.47 bits per heavy atom. The molecule has 2 rings (SSSR count). The average Bonchev–Trinajstić information content (AvgIpc) is 2.29. The first kappa shape index (κ1) is 11.4. The first-order chi connectivity index (χ1) is 7.27. The van der Waals surface area contributed by atoms with Crippen LogP contribution in [0, 0.1) is 0 Å². The second-order valence-electron chi connectivity index (χ2n) is 5.09. The number of nitrogens with zero attached hydrogens (tertiary/aromatic N) is 1. The third-order valence-corrected chi connectivity index (χ3v) is 4.03. The Hall–Kier alpha value is -0.120. The van der Waals surface area contributed by atoms with Crippen LogP contribution in [0.4, 0.5) is 0 Å². The van der Waals surface area contributed by atoms with Gasteiger partial charge in [-0.15, -0.1) is 0 Å². The standard InChI is InChI=1S/C12H24N2O/c1-14(11-5-7-15-8-6-11)12-4-2-3-10(13)9-12/h10-12H,2-9,13H2,1H3. The highest BCUT2D eigenvalue weighted by molar-refractivity contribution is 4.84. The molecule has 0 aromatic carbocycles. The number of hydrogen-bond acceptors (Lipinski definition) is 3. The summed E-state index contributed by atoms with van der Waals surface area (Å²) in [5.74, 6) is 0. The van der Waals surface area contributed by atoms with E-state index in [0.717, 1.165) is 25.3 Å². The third-order valence-electron chi connectivity index (χ3n) is 4.03. The van der Waals surface area contributed by atoms with Crippen molar-refractivity contribution >= 4 is 0 Å². The smallest absolute Gasteiger partial charge is 0.0480 e. The van der Waals surface area contributed by atoms with E-state index < -0.39 is 0 Å². The second-order valence-corrected chi connectivity index (χ2v) is 5.09. The molecule has 0 aromatic heterocycles. The number of hydrogen-bond donors (Lipinski definition) is 1. The lowest BCUT2D eigenvalue weighted by Crippen LogP contribution is -2.47. The van der Waals surface area contributed by atoms with E-state index in [4.69, 9.17) is 10.5 Å². The predicted molar refractivity (Wildman–Crippen MR) is 61.8 cm³/mol. The van der Waals surface area contributed by atoms with Gasteiger partial charge in [0.15, 0.2) is 0 Å². The summed E-state index contributed by atoms with van der Waals surface area (Å²) in [4.78, 5) is 2.57. The molecule has 15 heavy (non-hydrogen) atoms. The summed E-state index contributed by atoms with van der Waals surface area (Å²) < 4.78 is 5.41. The molecule has 2 atom stereocenters. The first-order valence-corrected chi connectivity index (χ1v) is 6.32. The summed E-state index contributed by atoms with van der Waals surface area (Å²) in [5.41, 5.74) is 6.04. The van der Waals surface area contributed by atoms with Crippen molar-refractivity contribution < 1.29 is 4.74 Å². The summed E-state index contributed by atoms with van der Waals surface area (Å²) in [6, 6.07) is 1.89. The lowest BCUT2D eigenvalue weighted by molar-refractivity contribution is 0.0206. The molecule has 2 N–H and O–H groups in total. The molecule has 3 heteroatoms. The molecule has 0 radical (unpaired) electrons. The highest BCUT2D eigenvalue weighted by Crippen LogP contribution is 2.25. The van der Waals surface area contributed by atoms with Crippen LogP contribution in [0.2, 0.25) is 0 Å². The van der Waals surface area contributed by atoms with Gasteiger partial charge in [0.05, 0.1) is 0 Å². The number of rotatable bonds is 2. The van der Waals surface area contributed by atoms with Crippen LogP contribution >= 0.6 is 0 Å². The summed E-state index contributed by atoms with van der Waals surface area (Å²) in [5, 5.41) is 0. The molecule has 1 saturated heterocycles. The molecule has 0 aromatic rings. The normalized spacial score (nSPS) is 34.6. The zero-order valence-corrected chi connectivity index (χ0v) is 9.82. The van der Waals surface area contributed by atoms with Crippen molar-refractivity contribution in [2.75, 3.05) is 20.3 Å². The van der Waals surface area contributed by atoms with E-state index in [2.05, 4.69) is 11.9 Å². The molecule has 1 aliphatic heterocycles. The van der Waals surface area contributed by atoms with Crippen LogP contribution in [0.3, 0.4) is 0 Å². The highest BCUT2D eigenvalue weighted by atomic mass is 16.5. The van der Waals surface area contributed by atoms with Gasteiger partial charge in [0.2, 0.25) is 0 Å². The Bertz CT molecular complexity index is 192. The fraction of sp³-hybridized carbons (Fsp3) is 1.00. The Morgan fingerprint density at radius 1 is 1.07 bits per heavy atom. The van der Waals surface area contributed by atoms with E-state index >= 15 is 0 Å². The van der Waals surface area contributed by atoms with Gasteiger partial charge in [0.25, 0.3) is 0 Å². The van der Waals surface area contributed by atoms with E-state index in [9.17, 15) is 0 Å². The monoisotopic (exact) mass is 212 g/mol. The summed E-state index contributed by atoms with van der Waals surface area (Å²) in [6.45, 7) is 1.88. The van der Waals surface area contributed by atoms with Crippen LogP contribution in [0.5, 0.6) is 0 Å². The van der Waals surface area contributed by atoms with Crippen molar-refractivity contribution in [3.63, 3.8) is 0 Å². The van der Waals surface area contributed by atoms with Crippen molar-refractivity contribution in [3.05, 3.63) is 0 Å². The van der Waals surface area contributed by atoms with Crippen molar-refractivity contribution in [1.29, 1.82) is 0 Å². The number of ether oxygens (including phenoxy) is 1. The topological polar surface area (TPSA) is 38.5 Å². The fourth-order valence-corrected chi connectivity index (χ4v) is 2.96. The van der Waals surface area contributed by atoms with Crippen LogP contribution < -0.4 is 5.73 Å². The Morgan fingerprint density at radius 2 is 1.80 bits per heavy atom. The summed E-state index contributed by atoms with van der Waals surface area (Å²) in [6.07, 6.45) is 7.44. The quantitative estimate of drug-likeness (QED) is 0.751. The van der Waals surface area contributed by atoms with Crippen LogP contribution in [0.25, 0.3) is 0 Å². The van der Waals surface area contributed by atoms with Crippen molar-refractivity contribution in [2.45, 2.75) is 56.7 Å². The minimum Gasteiger partial charge on any atom is -0.381 e. The second kappa shape index (κ2) is 5.28. The molecule has 2 fully saturated rings. The molecule has 2 unspecified atom stereocenters. The van der Waals surface area contributed by atoms with Crippen molar-refractivity contribution in [3.8, 4) is 0 Å². The molecule has 1 aliphatic carbocycles. The van der Waals surface area contributed by atoms with Gasteiger partial charge in [0.1, 0.15) is 0 Å². The van der Waals surface area contributed by atoms with Gasteiger partial charge in [0, 0.05) is 31.3 Å². The molecule has 3 nitrogen and oxygen atoms in total. The minimum atomic E-state index is 0.436. The van der Waals surface area contributed by atoms with Crippen LogP contribution in [0.15, 0.2) is 0 Å². The molecule has 1 heterocycles. The van der Waals surface area contributed by atoms with E-state index in [1.54, 1.807) is 0 Å². The summed E-state index contributed by atoms with van der Waals surface area (Å²) >= 11 is 0. The SMILES string of the molecule is CN(C1CCOCC1)C1CCCC(N)C1. The Balaban J connectivity index is 1.85. The molecule has 0 spiro atoms. The Labute approximate surface area is 93.0 Å². The first-order valence-electron chi connectivity index (χ1n) is 6.32. The van der Waals surface area contributed by atoms with Gasteiger partial charge in [-0.3, -0.25) is 0 Å². The minimum absolute atomic E-state index is 0.436. The molecule has 0 bridgehead atoms. The molecule has 0 amide bonds. The lowest BCUT2D eigenvalue weighted by Gasteiger charge is -2.40. The van der Waals surface area contributed by atoms with Crippen LogP contribution in [-0.4, -0.2) is 43.3 Å². The van der Waals surface area contributed by atoms with Gasteiger partial charge in [-0.05, 0) is 39.2 Å². The van der Waals surface area contributed by atoms with Gasteiger partial charge in [-0.1, -0.05) is 6.42 Å².